The lowest BCUT2D eigenvalue weighted by Gasteiger charge is -2.60. The van der Waals surface area contributed by atoms with Gasteiger partial charge in [-0.05, 0) is 80.1 Å². The van der Waals surface area contributed by atoms with Crippen molar-refractivity contribution in [1.82, 2.24) is 4.90 Å². The summed E-state index contributed by atoms with van der Waals surface area (Å²) in [6, 6.07) is 0. The lowest BCUT2D eigenvalue weighted by atomic mass is 9.45. The molecule has 0 amide bonds. The number of fused-ring (bicyclic) bond motifs is 5. The average molecular weight is 381 g/mol. The number of aliphatic imine (C=N–C) groups is 1. The highest BCUT2D eigenvalue weighted by Gasteiger charge is 2.59. The van der Waals surface area contributed by atoms with Crippen molar-refractivity contribution in [3.63, 3.8) is 0 Å². The molecule has 3 nitrogen and oxygen atoms in total. The van der Waals surface area contributed by atoms with Crippen LogP contribution in [0.1, 0.15) is 65.7 Å². The summed E-state index contributed by atoms with van der Waals surface area (Å²) in [5.41, 5.74) is 3.71. The van der Waals surface area contributed by atoms with Gasteiger partial charge < -0.3 is 10.0 Å². The highest BCUT2D eigenvalue weighted by atomic mass is 16.3. The molecule has 2 saturated carbocycles. The van der Waals surface area contributed by atoms with E-state index in [1.807, 2.05) is 6.21 Å². The number of hydrogen-bond donors (Lipinski definition) is 1. The van der Waals surface area contributed by atoms with Gasteiger partial charge in [-0.2, -0.15) is 0 Å². The fourth-order valence-corrected chi connectivity index (χ4v) is 7.73. The van der Waals surface area contributed by atoms with Crippen LogP contribution in [0.3, 0.4) is 0 Å². The summed E-state index contributed by atoms with van der Waals surface area (Å²) in [7, 11) is 0. The summed E-state index contributed by atoms with van der Waals surface area (Å²) in [5.74, 6) is 2.97. The molecule has 0 spiro atoms. The zero-order chi connectivity index (χ0) is 19.5. The quantitative estimate of drug-likeness (QED) is 0.660. The Labute approximate surface area is 170 Å². The first-order valence-corrected chi connectivity index (χ1v) is 11.5. The normalized spacial score (nSPS) is 47.1. The molecular formula is C25H36N2O. The van der Waals surface area contributed by atoms with Crippen molar-refractivity contribution in [3.8, 4) is 0 Å². The molecule has 0 radical (unpaired) electrons. The molecule has 152 valence electrons. The maximum Gasteiger partial charge on any atom is 0.113 e. The van der Waals surface area contributed by atoms with Crippen LogP contribution < -0.4 is 0 Å². The van der Waals surface area contributed by atoms with Crippen molar-refractivity contribution in [3.05, 3.63) is 35.7 Å². The molecule has 0 saturated heterocycles. The number of aliphatic hydroxyl groups excluding tert-OH is 1. The third kappa shape index (κ3) is 2.54. The van der Waals surface area contributed by atoms with Crippen molar-refractivity contribution in [1.29, 1.82) is 0 Å². The van der Waals surface area contributed by atoms with Gasteiger partial charge in [-0.1, -0.05) is 38.5 Å². The van der Waals surface area contributed by atoms with Gasteiger partial charge in [0.15, 0.2) is 0 Å². The molecule has 0 unspecified atom stereocenters. The summed E-state index contributed by atoms with van der Waals surface area (Å²) in [5, 5.41) is 10.3. The van der Waals surface area contributed by atoms with Crippen LogP contribution in [-0.4, -0.2) is 29.0 Å². The Kier molecular flexibility index (Phi) is 4.39. The van der Waals surface area contributed by atoms with Crippen LogP contribution in [0.5, 0.6) is 0 Å². The molecule has 0 aromatic heterocycles. The van der Waals surface area contributed by atoms with Crippen LogP contribution >= 0.6 is 0 Å². The second-order valence-electron chi connectivity index (χ2n) is 10.4. The van der Waals surface area contributed by atoms with Gasteiger partial charge in [0, 0.05) is 23.5 Å². The van der Waals surface area contributed by atoms with Gasteiger partial charge in [-0.15, -0.1) is 0 Å². The summed E-state index contributed by atoms with van der Waals surface area (Å²) in [4.78, 5) is 6.89. The Hall–Kier alpha value is -1.35. The van der Waals surface area contributed by atoms with E-state index in [0.29, 0.717) is 11.3 Å². The van der Waals surface area contributed by atoms with E-state index in [0.717, 1.165) is 37.3 Å². The predicted octanol–water partition coefficient (Wildman–Crippen LogP) is 5.30. The van der Waals surface area contributed by atoms with Gasteiger partial charge in [0.1, 0.15) is 6.67 Å². The summed E-state index contributed by atoms with van der Waals surface area (Å²) < 4.78 is 0. The molecule has 2 fully saturated rings. The van der Waals surface area contributed by atoms with Gasteiger partial charge in [0.05, 0.1) is 6.10 Å². The standard InChI is InChI=1S/C25H36N2O/c1-4-17-14-18-15-19(28)8-10-24(18,2)21-9-11-25(3)20(23(17)21)6-7-22(25)27-13-5-12-26-16-27/h5,7,12-14,17,19-21,23,28H,4,6,8-11,15-16H2,1-3H3/t17-,19+,20+,21+,23+,24+,25+/m1/s1. The Bertz CT molecular complexity index is 765. The lowest BCUT2D eigenvalue weighted by Crippen LogP contribution is -2.53. The monoisotopic (exact) mass is 380 g/mol. The van der Waals surface area contributed by atoms with Gasteiger partial charge >= 0.3 is 0 Å². The van der Waals surface area contributed by atoms with E-state index in [9.17, 15) is 5.11 Å². The third-order valence-electron chi connectivity index (χ3n) is 9.26. The summed E-state index contributed by atoms with van der Waals surface area (Å²) >= 11 is 0. The summed E-state index contributed by atoms with van der Waals surface area (Å²) in [6.45, 7) is 8.22. The molecule has 1 N–H and O–H groups in total. The lowest BCUT2D eigenvalue weighted by molar-refractivity contribution is -0.0561. The minimum Gasteiger partial charge on any atom is -0.393 e. The van der Waals surface area contributed by atoms with Gasteiger partial charge in [-0.3, -0.25) is 4.99 Å². The molecule has 0 aromatic rings. The topological polar surface area (TPSA) is 35.8 Å². The Morgan fingerprint density at radius 1 is 1.18 bits per heavy atom. The molecule has 5 rings (SSSR count). The molecule has 4 aliphatic carbocycles. The molecule has 0 aromatic carbocycles. The zero-order valence-electron chi connectivity index (χ0n) is 17.8. The van der Waals surface area contributed by atoms with Crippen LogP contribution in [0.25, 0.3) is 0 Å². The number of allylic oxidation sites excluding steroid dienone is 4. The maximum absolute atomic E-state index is 10.3. The average Bonchev–Trinajstić information content (AvgIpc) is 3.06. The van der Waals surface area contributed by atoms with Crippen molar-refractivity contribution < 1.29 is 5.11 Å². The number of hydrogen-bond acceptors (Lipinski definition) is 3. The number of aliphatic hydroxyl groups is 1. The van der Waals surface area contributed by atoms with E-state index in [-0.39, 0.29) is 11.5 Å². The largest absolute Gasteiger partial charge is 0.393 e. The maximum atomic E-state index is 10.3. The first-order chi connectivity index (χ1) is 13.5. The Morgan fingerprint density at radius 2 is 2.00 bits per heavy atom. The highest BCUT2D eigenvalue weighted by Crippen LogP contribution is 2.66. The summed E-state index contributed by atoms with van der Waals surface area (Å²) in [6.07, 6.45) is 19.4. The molecular weight excluding hydrogens is 344 g/mol. The number of rotatable bonds is 2. The molecule has 28 heavy (non-hydrogen) atoms. The van der Waals surface area contributed by atoms with Crippen LogP contribution in [0.4, 0.5) is 0 Å². The Morgan fingerprint density at radius 3 is 2.75 bits per heavy atom. The smallest absolute Gasteiger partial charge is 0.113 e. The molecule has 7 atom stereocenters. The fraction of sp³-hybridized carbons (Fsp3) is 0.720. The molecule has 1 heterocycles. The van der Waals surface area contributed by atoms with Gasteiger partial charge in [0.25, 0.3) is 0 Å². The first-order valence-electron chi connectivity index (χ1n) is 11.5. The minimum absolute atomic E-state index is 0.117. The van der Waals surface area contributed by atoms with Gasteiger partial charge in [-0.25, -0.2) is 0 Å². The first kappa shape index (κ1) is 18.7. The van der Waals surface area contributed by atoms with Crippen LogP contribution in [0.2, 0.25) is 0 Å². The van der Waals surface area contributed by atoms with E-state index < -0.39 is 0 Å². The van der Waals surface area contributed by atoms with Crippen LogP contribution in [-0.2, 0) is 0 Å². The van der Waals surface area contributed by atoms with E-state index in [2.05, 4.69) is 55.1 Å². The van der Waals surface area contributed by atoms with Gasteiger partial charge in [0.2, 0.25) is 0 Å². The number of nitrogens with zero attached hydrogens (tertiary/aromatic N) is 2. The van der Waals surface area contributed by atoms with Crippen LogP contribution in [0, 0.1) is 34.5 Å². The fourth-order valence-electron chi connectivity index (χ4n) is 7.73. The van der Waals surface area contributed by atoms with Crippen molar-refractivity contribution in [2.75, 3.05) is 6.67 Å². The third-order valence-corrected chi connectivity index (χ3v) is 9.26. The van der Waals surface area contributed by atoms with Crippen LogP contribution in [0.15, 0.2) is 40.7 Å². The minimum atomic E-state index is -0.117. The molecule has 5 aliphatic rings. The van der Waals surface area contributed by atoms with E-state index >= 15 is 0 Å². The molecule has 1 aliphatic heterocycles. The van der Waals surface area contributed by atoms with Crippen molar-refractivity contribution in [2.45, 2.75) is 71.8 Å². The van der Waals surface area contributed by atoms with E-state index in [4.69, 9.17) is 0 Å². The zero-order valence-corrected chi connectivity index (χ0v) is 17.8. The molecule has 0 bridgehead atoms. The Balaban J connectivity index is 1.50. The van der Waals surface area contributed by atoms with Crippen molar-refractivity contribution in [2.24, 2.45) is 39.5 Å². The van der Waals surface area contributed by atoms with E-state index in [1.165, 1.54) is 37.8 Å². The second-order valence-corrected chi connectivity index (χ2v) is 10.4. The SMILES string of the molecule is CC[C@@H]1C=C2C[C@@H](O)CC[C@]2(C)[C@H]2CC[C@]3(C)C(N4C=CC=NC4)=CC[C@H]3[C@H]12. The second kappa shape index (κ2) is 6.58. The molecule has 3 heteroatoms. The van der Waals surface area contributed by atoms with E-state index in [1.54, 1.807) is 5.57 Å². The highest BCUT2D eigenvalue weighted by molar-refractivity contribution is 5.71. The van der Waals surface area contributed by atoms with Crippen molar-refractivity contribution >= 4 is 6.21 Å². The predicted molar refractivity (Wildman–Crippen MR) is 115 cm³/mol.